The molecule has 1 heterocycles. The monoisotopic (exact) mass is 186 g/mol. The van der Waals surface area contributed by atoms with Crippen molar-refractivity contribution in [2.24, 2.45) is 11.7 Å². The summed E-state index contributed by atoms with van der Waals surface area (Å²) < 4.78 is 4.87. The van der Waals surface area contributed by atoms with Crippen LogP contribution in [0.4, 0.5) is 0 Å². The second-order valence-electron chi connectivity index (χ2n) is 3.43. The molecule has 1 rings (SSSR count). The van der Waals surface area contributed by atoms with Crippen molar-refractivity contribution in [2.75, 3.05) is 19.7 Å². The molecule has 0 radical (unpaired) electrons. The van der Waals surface area contributed by atoms with Crippen LogP contribution < -0.4 is 11.1 Å². The molecule has 76 valence electrons. The van der Waals surface area contributed by atoms with Gasteiger partial charge in [-0.2, -0.15) is 0 Å². The molecule has 0 aromatic rings. The van der Waals surface area contributed by atoms with Crippen molar-refractivity contribution in [1.29, 1.82) is 0 Å². The highest BCUT2D eigenvalue weighted by atomic mass is 16.5. The topological polar surface area (TPSA) is 64.3 Å². The van der Waals surface area contributed by atoms with E-state index in [1.54, 1.807) is 0 Å². The third kappa shape index (κ3) is 3.32. The Kier molecular flexibility index (Phi) is 4.18. The van der Waals surface area contributed by atoms with Gasteiger partial charge in [0.15, 0.2) is 0 Å². The van der Waals surface area contributed by atoms with E-state index >= 15 is 0 Å². The Morgan fingerprint density at radius 3 is 3.08 bits per heavy atom. The number of piperidine rings is 1. The first kappa shape index (κ1) is 10.5. The molecule has 0 spiro atoms. The van der Waals surface area contributed by atoms with Gasteiger partial charge in [-0.15, -0.1) is 0 Å². The lowest BCUT2D eigenvalue weighted by molar-refractivity contribution is -0.144. The molecular weight excluding hydrogens is 168 g/mol. The number of rotatable bonds is 3. The summed E-state index contributed by atoms with van der Waals surface area (Å²) in [6.07, 6.45) is 1.39. The van der Waals surface area contributed by atoms with Crippen molar-refractivity contribution < 1.29 is 9.53 Å². The Labute approximate surface area is 78.8 Å². The van der Waals surface area contributed by atoms with Crippen molar-refractivity contribution in [3.63, 3.8) is 0 Å². The molecule has 1 fully saturated rings. The zero-order chi connectivity index (χ0) is 9.68. The summed E-state index contributed by atoms with van der Waals surface area (Å²) >= 11 is 0. The number of esters is 1. The van der Waals surface area contributed by atoms with Crippen molar-refractivity contribution in [2.45, 2.75) is 25.8 Å². The van der Waals surface area contributed by atoms with Crippen molar-refractivity contribution in [3.05, 3.63) is 0 Å². The average Bonchev–Trinajstić information content (AvgIpc) is 2.09. The lowest BCUT2D eigenvalue weighted by Crippen LogP contribution is -2.45. The predicted octanol–water partition coefficient (Wildman–Crippen LogP) is -0.124. The molecule has 2 atom stereocenters. The maximum absolute atomic E-state index is 11.2. The highest BCUT2D eigenvalue weighted by Gasteiger charge is 2.24. The number of carbonyl (C=O) groups is 1. The van der Waals surface area contributed by atoms with Crippen LogP contribution in [0.3, 0.4) is 0 Å². The highest BCUT2D eigenvalue weighted by Crippen LogP contribution is 2.13. The van der Waals surface area contributed by atoms with Crippen LogP contribution in [0, 0.1) is 5.92 Å². The van der Waals surface area contributed by atoms with Gasteiger partial charge in [0.1, 0.15) is 0 Å². The van der Waals surface area contributed by atoms with Gasteiger partial charge in [-0.1, -0.05) is 0 Å². The average molecular weight is 186 g/mol. The predicted molar refractivity (Wildman–Crippen MR) is 50.2 cm³/mol. The fourth-order valence-electron chi connectivity index (χ4n) is 1.60. The second-order valence-corrected chi connectivity index (χ2v) is 3.43. The first-order valence-electron chi connectivity index (χ1n) is 4.86. The standard InChI is InChI=1S/C9H18N2O2/c1-2-13-9(12)5-7-6-11-4-3-8(7)10/h7-8,11H,2-6,10H2,1H3. The Morgan fingerprint density at radius 1 is 1.69 bits per heavy atom. The lowest BCUT2D eigenvalue weighted by Gasteiger charge is -2.28. The summed E-state index contributed by atoms with van der Waals surface area (Å²) in [5.41, 5.74) is 5.88. The van der Waals surface area contributed by atoms with Crippen LogP contribution in [-0.2, 0) is 9.53 Å². The molecular formula is C9H18N2O2. The number of ether oxygens (including phenoxy) is 1. The fraction of sp³-hybridized carbons (Fsp3) is 0.889. The Balaban J connectivity index is 2.29. The van der Waals surface area contributed by atoms with Crippen LogP contribution in [0.5, 0.6) is 0 Å². The van der Waals surface area contributed by atoms with Gasteiger partial charge < -0.3 is 15.8 Å². The summed E-state index contributed by atoms with van der Waals surface area (Å²) in [5.74, 6) is 0.111. The molecule has 0 amide bonds. The van der Waals surface area contributed by atoms with Crippen LogP contribution in [0.25, 0.3) is 0 Å². The van der Waals surface area contributed by atoms with Gasteiger partial charge in [0.25, 0.3) is 0 Å². The summed E-state index contributed by atoms with van der Waals surface area (Å²) in [5, 5.41) is 3.22. The van der Waals surface area contributed by atoms with E-state index in [1.807, 2.05) is 6.92 Å². The van der Waals surface area contributed by atoms with Gasteiger partial charge in [-0.25, -0.2) is 0 Å². The molecule has 0 aromatic heterocycles. The van der Waals surface area contributed by atoms with Gasteiger partial charge in [-0.3, -0.25) is 4.79 Å². The third-order valence-electron chi connectivity index (χ3n) is 2.40. The van der Waals surface area contributed by atoms with Gasteiger partial charge in [0, 0.05) is 6.04 Å². The molecule has 4 nitrogen and oxygen atoms in total. The van der Waals surface area contributed by atoms with Gasteiger partial charge in [-0.05, 0) is 32.4 Å². The van der Waals surface area contributed by atoms with Gasteiger partial charge in [0.05, 0.1) is 13.0 Å². The second kappa shape index (κ2) is 5.19. The summed E-state index contributed by atoms with van der Waals surface area (Å²) in [6.45, 7) is 4.06. The number of hydrogen-bond acceptors (Lipinski definition) is 4. The van der Waals surface area contributed by atoms with Crippen LogP contribution in [0.1, 0.15) is 19.8 Å². The molecule has 3 N–H and O–H groups in total. The van der Waals surface area contributed by atoms with Crippen LogP contribution in [-0.4, -0.2) is 31.7 Å². The van der Waals surface area contributed by atoms with Crippen molar-refractivity contribution >= 4 is 5.97 Å². The van der Waals surface area contributed by atoms with Crippen molar-refractivity contribution in [1.82, 2.24) is 5.32 Å². The van der Waals surface area contributed by atoms with E-state index in [0.717, 1.165) is 19.5 Å². The Hall–Kier alpha value is -0.610. The van der Waals surface area contributed by atoms with Gasteiger partial charge in [0.2, 0.25) is 0 Å². The van der Waals surface area contributed by atoms with E-state index in [1.165, 1.54) is 0 Å². The number of hydrogen-bond donors (Lipinski definition) is 2. The maximum atomic E-state index is 11.2. The molecule has 0 bridgehead atoms. The van der Waals surface area contributed by atoms with E-state index in [-0.39, 0.29) is 17.9 Å². The summed E-state index contributed by atoms with van der Waals surface area (Å²) in [4.78, 5) is 11.2. The molecule has 4 heteroatoms. The Morgan fingerprint density at radius 2 is 2.46 bits per heavy atom. The van der Waals surface area contributed by atoms with Crippen LogP contribution >= 0.6 is 0 Å². The minimum atomic E-state index is -0.133. The molecule has 13 heavy (non-hydrogen) atoms. The first-order chi connectivity index (χ1) is 6.24. The summed E-state index contributed by atoms with van der Waals surface area (Å²) in [7, 11) is 0. The first-order valence-corrected chi connectivity index (χ1v) is 4.86. The van der Waals surface area contributed by atoms with E-state index in [2.05, 4.69) is 5.32 Å². The molecule has 0 aromatic carbocycles. The SMILES string of the molecule is CCOC(=O)CC1CNCCC1N. The molecule has 1 aliphatic heterocycles. The van der Waals surface area contributed by atoms with Crippen LogP contribution in [0.15, 0.2) is 0 Å². The normalized spacial score (nSPS) is 28.5. The van der Waals surface area contributed by atoms with E-state index < -0.39 is 0 Å². The lowest BCUT2D eigenvalue weighted by atomic mass is 9.91. The zero-order valence-electron chi connectivity index (χ0n) is 8.08. The van der Waals surface area contributed by atoms with Gasteiger partial charge >= 0.3 is 5.97 Å². The fourth-order valence-corrected chi connectivity index (χ4v) is 1.60. The third-order valence-corrected chi connectivity index (χ3v) is 2.40. The smallest absolute Gasteiger partial charge is 0.306 e. The number of nitrogens with two attached hydrogens (primary N) is 1. The van der Waals surface area contributed by atoms with E-state index in [0.29, 0.717) is 13.0 Å². The van der Waals surface area contributed by atoms with E-state index in [9.17, 15) is 4.79 Å². The largest absolute Gasteiger partial charge is 0.466 e. The van der Waals surface area contributed by atoms with E-state index in [4.69, 9.17) is 10.5 Å². The minimum absolute atomic E-state index is 0.133. The molecule has 1 aliphatic rings. The van der Waals surface area contributed by atoms with Crippen molar-refractivity contribution in [3.8, 4) is 0 Å². The maximum Gasteiger partial charge on any atom is 0.306 e. The molecule has 1 saturated heterocycles. The number of carbonyl (C=O) groups excluding carboxylic acids is 1. The highest BCUT2D eigenvalue weighted by molar-refractivity contribution is 5.69. The molecule has 0 saturated carbocycles. The quantitative estimate of drug-likeness (QED) is 0.603. The molecule has 2 unspecified atom stereocenters. The number of nitrogens with one attached hydrogen (secondary N) is 1. The zero-order valence-corrected chi connectivity index (χ0v) is 8.08. The minimum Gasteiger partial charge on any atom is -0.466 e. The Bertz CT molecular complexity index is 173. The summed E-state index contributed by atoms with van der Waals surface area (Å²) in [6, 6.07) is 0.144. The van der Waals surface area contributed by atoms with Crippen LogP contribution in [0.2, 0.25) is 0 Å². The molecule has 0 aliphatic carbocycles.